The number of nitrogens with zero attached hydrogens (tertiary/aromatic N) is 1. The highest BCUT2D eigenvalue weighted by Crippen LogP contribution is 2.48. The molecule has 5 rings (SSSR count). The smallest absolute Gasteiger partial charge is 0.340 e. The lowest BCUT2D eigenvalue weighted by Crippen LogP contribution is -2.58. The highest BCUT2D eigenvalue weighted by molar-refractivity contribution is 9.10. The second kappa shape index (κ2) is 10.7. The Hall–Kier alpha value is -2.69. The molecule has 2 aromatic heterocycles. The maximum atomic E-state index is 13.3. The van der Waals surface area contributed by atoms with E-state index in [0.29, 0.717) is 34.8 Å². The van der Waals surface area contributed by atoms with Crippen molar-refractivity contribution in [3.05, 3.63) is 46.0 Å². The van der Waals surface area contributed by atoms with Crippen molar-refractivity contribution in [3.8, 4) is 0 Å². The summed E-state index contributed by atoms with van der Waals surface area (Å²) < 4.78 is 20.4. The van der Waals surface area contributed by atoms with Crippen molar-refractivity contribution < 1.29 is 28.6 Å². The van der Waals surface area contributed by atoms with Crippen LogP contribution < -0.4 is 5.32 Å². The summed E-state index contributed by atoms with van der Waals surface area (Å²) in [6.07, 6.45) is 4.16. The minimum absolute atomic E-state index is 0.0182. The Balaban J connectivity index is 1.38. The molecular formula is C29H36BrN3O6. The monoisotopic (exact) mass is 601 g/mol. The van der Waals surface area contributed by atoms with Crippen LogP contribution in [-0.2, 0) is 15.9 Å². The van der Waals surface area contributed by atoms with Gasteiger partial charge in [0.25, 0.3) is 0 Å². The van der Waals surface area contributed by atoms with E-state index in [1.165, 1.54) is 0 Å². The average Bonchev–Trinajstić information content (AvgIpc) is 3.52. The first-order valence-electron chi connectivity index (χ1n) is 13.6. The van der Waals surface area contributed by atoms with Crippen LogP contribution in [0.2, 0.25) is 0 Å². The lowest BCUT2D eigenvalue weighted by Gasteiger charge is -2.53. The molecule has 9 nitrogen and oxygen atoms in total. The van der Waals surface area contributed by atoms with E-state index in [9.17, 15) is 14.7 Å². The number of aromatic nitrogens is 2. The fourth-order valence-corrected chi connectivity index (χ4v) is 6.64. The molecule has 2 unspecified atom stereocenters. The fraction of sp³-hybridized carbons (Fsp3) is 0.552. The van der Waals surface area contributed by atoms with Crippen molar-refractivity contribution in [2.45, 2.75) is 71.4 Å². The summed E-state index contributed by atoms with van der Waals surface area (Å²) in [7, 11) is 1.68. The minimum Gasteiger partial charge on any atom is -0.478 e. The molecule has 2 aliphatic rings. The Morgan fingerprint density at radius 1 is 1.26 bits per heavy atom. The molecule has 210 valence electrons. The number of hydrogen-bond acceptors (Lipinski definition) is 7. The zero-order valence-electron chi connectivity index (χ0n) is 22.9. The maximum Gasteiger partial charge on any atom is 0.340 e. The van der Waals surface area contributed by atoms with E-state index in [1.54, 1.807) is 31.4 Å². The standard InChI is InChI=1S/C29H36BrN3O6/c1-14-8-9-29(16(3)10-15(2)27(39-29)17(4)26(34)20-11-18(30)13-32-20)38-22(14)12-23-33-25-21(37-23)7-6-19(31-5)24(25)28(35)36/h6-7,11,13-17,22,27,31-32H,8-10,12H2,1-5H3,(H,35,36)/t14-,15+,16+,17?,22-,27-,29?/m0/s1. The summed E-state index contributed by atoms with van der Waals surface area (Å²) in [5.41, 5.74) is 1.89. The Morgan fingerprint density at radius 2 is 2.03 bits per heavy atom. The average molecular weight is 603 g/mol. The number of Topliss-reactive ketones (excluding diaryl/α,β-unsaturated/α-hetero) is 1. The number of aromatic carboxylic acids is 1. The quantitative estimate of drug-likeness (QED) is 0.269. The van der Waals surface area contributed by atoms with Gasteiger partial charge in [0, 0.05) is 36.0 Å². The van der Waals surface area contributed by atoms with Crippen LogP contribution in [0.5, 0.6) is 0 Å². The van der Waals surface area contributed by atoms with Gasteiger partial charge in [-0.3, -0.25) is 4.79 Å². The van der Waals surface area contributed by atoms with E-state index in [2.05, 4.69) is 52.0 Å². The number of nitrogens with one attached hydrogen (secondary N) is 2. The molecule has 3 aromatic rings. The van der Waals surface area contributed by atoms with Gasteiger partial charge in [0.1, 0.15) is 11.1 Å². The van der Waals surface area contributed by atoms with E-state index in [4.69, 9.17) is 13.9 Å². The van der Waals surface area contributed by atoms with Crippen molar-refractivity contribution >= 4 is 44.5 Å². The number of ether oxygens (including phenoxy) is 2. The molecule has 1 spiro atoms. The molecule has 0 saturated carbocycles. The van der Waals surface area contributed by atoms with Gasteiger partial charge in [0.2, 0.25) is 0 Å². The summed E-state index contributed by atoms with van der Waals surface area (Å²) in [6.45, 7) is 8.38. The van der Waals surface area contributed by atoms with Gasteiger partial charge < -0.3 is 29.3 Å². The minimum atomic E-state index is -1.06. The van der Waals surface area contributed by atoms with Crippen molar-refractivity contribution in [3.63, 3.8) is 0 Å². The molecule has 0 bridgehead atoms. The maximum absolute atomic E-state index is 13.3. The lowest BCUT2D eigenvalue weighted by molar-refractivity contribution is -0.355. The van der Waals surface area contributed by atoms with Crippen LogP contribution in [0.4, 0.5) is 5.69 Å². The van der Waals surface area contributed by atoms with Gasteiger partial charge in [0.15, 0.2) is 23.0 Å². The number of carboxylic acid groups (broad SMARTS) is 1. The van der Waals surface area contributed by atoms with Gasteiger partial charge in [-0.1, -0.05) is 27.7 Å². The largest absolute Gasteiger partial charge is 0.478 e. The molecule has 2 aliphatic heterocycles. The normalized spacial score (nSPS) is 29.9. The van der Waals surface area contributed by atoms with Crippen molar-refractivity contribution in [2.75, 3.05) is 12.4 Å². The van der Waals surface area contributed by atoms with Crippen molar-refractivity contribution in [1.29, 1.82) is 0 Å². The summed E-state index contributed by atoms with van der Waals surface area (Å²) in [4.78, 5) is 32.8. The van der Waals surface area contributed by atoms with Crippen LogP contribution >= 0.6 is 15.9 Å². The zero-order valence-corrected chi connectivity index (χ0v) is 24.5. The second-order valence-corrected chi connectivity index (χ2v) is 12.2. The van der Waals surface area contributed by atoms with Crippen LogP contribution in [0.15, 0.2) is 33.3 Å². The molecule has 0 aliphatic carbocycles. The summed E-state index contributed by atoms with van der Waals surface area (Å²) in [5, 5.41) is 12.7. The number of benzene rings is 1. The third-order valence-electron chi connectivity index (χ3n) is 8.59. The van der Waals surface area contributed by atoms with Gasteiger partial charge >= 0.3 is 5.97 Å². The Labute approximate surface area is 236 Å². The number of fused-ring (bicyclic) bond motifs is 1. The second-order valence-electron chi connectivity index (χ2n) is 11.3. The number of anilines is 1. The van der Waals surface area contributed by atoms with Gasteiger partial charge in [-0.25, -0.2) is 9.78 Å². The Bertz CT molecular complexity index is 1380. The molecule has 0 radical (unpaired) electrons. The Kier molecular flexibility index (Phi) is 7.65. The Morgan fingerprint density at radius 3 is 2.69 bits per heavy atom. The first-order chi connectivity index (χ1) is 18.5. The summed E-state index contributed by atoms with van der Waals surface area (Å²) in [6, 6.07) is 5.22. The van der Waals surface area contributed by atoms with E-state index in [1.807, 2.05) is 6.92 Å². The van der Waals surface area contributed by atoms with Gasteiger partial charge in [-0.15, -0.1) is 0 Å². The van der Waals surface area contributed by atoms with Gasteiger partial charge in [-0.2, -0.15) is 0 Å². The van der Waals surface area contributed by atoms with E-state index in [0.717, 1.165) is 23.7 Å². The molecule has 2 fully saturated rings. The number of ketones is 1. The topological polar surface area (TPSA) is 127 Å². The summed E-state index contributed by atoms with van der Waals surface area (Å²) in [5.74, 6) is -1.21. The van der Waals surface area contributed by atoms with Crippen LogP contribution in [0.1, 0.15) is 73.7 Å². The number of oxazole rings is 1. The van der Waals surface area contributed by atoms with Gasteiger partial charge in [-0.05, 0) is 58.8 Å². The zero-order chi connectivity index (χ0) is 28.1. The lowest BCUT2D eigenvalue weighted by atomic mass is 9.75. The first kappa shape index (κ1) is 27.9. The molecule has 1 aromatic carbocycles. The molecule has 7 atom stereocenters. The van der Waals surface area contributed by atoms with Crippen molar-refractivity contribution in [1.82, 2.24) is 9.97 Å². The number of carbonyl (C=O) groups is 2. The molecule has 4 heterocycles. The highest BCUT2D eigenvalue weighted by Gasteiger charge is 2.52. The van der Waals surface area contributed by atoms with E-state index >= 15 is 0 Å². The van der Waals surface area contributed by atoms with Crippen LogP contribution in [-0.4, -0.2) is 51.9 Å². The molecular weight excluding hydrogens is 566 g/mol. The van der Waals surface area contributed by atoms with Crippen LogP contribution in [0.25, 0.3) is 11.1 Å². The third kappa shape index (κ3) is 5.14. The predicted molar refractivity (Wildman–Crippen MR) is 150 cm³/mol. The van der Waals surface area contributed by atoms with Crippen LogP contribution in [0, 0.1) is 23.7 Å². The first-order valence-corrected chi connectivity index (χ1v) is 14.4. The molecule has 0 amide bonds. The van der Waals surface area contributed by atoms with Crippen molar-refractivity contribution in [2.24, 2.45) is 23.7 Å². The number of carboxylic acids is 1. The van der Waals surface area contributed by atoms with E-state index in [-0.39, 0.29) is 47.2 Å². The molecule has 39 heavy (non-hydrogen) atoms. The third-order valence-corrected chi connectivity index (χ3v) is 9.05. The van der Waals surface area contributed by atoms with Crippen LogP contribution in [0.3, 0.4) is 0 Å². The van der Waals surface area contributed by atoms with Gasteiger partial charge in [0.05, 0.1) is 30.0 Å². The number of rotatable bonds is 7. The number of H-pyrrole nitrogens is 1. The predicted octanol–water partition coefficient (Wildman–Crippen LogP) is 6.29. The number of aromatic amines is 1. The molecule has 3 N–H and O–H groups in total. The fourth-order valence-electron chi connectivity index (χ4n) is 6.30. The number of hydrogen-bond donors (Lipinski definition) is 3. The molecule has 10 heteroatoms. The number of carbonyl (C=O) groups excluding carboxylic acids is 1. The number of halogens is 1. The highest BCUT2D eigenvalue weighted by atomic mass is 79.9. The molecule has 2 saturated heterocycles. The SMILES string of the molecule is CNc1ccc2oc(C[C@@H]3OC4(CC[C@@H]3C)O[C@H](C(C)C(=O)c3cc(Br)c[nH]3)[C@H](C)C[C@H]4C)nc2c1C(=O)O. The summed E-state index contributed by atoms with van der Waals surface area (Å²) >= 11 is 3.41. The van der Waals surface area contributed by atoms with E-state index < -0.39 is 11.8 Å².